The van der Waals surface area contributed by atoms with Gasteiger partial charge < -0.3 is 16.2 Å². The molecule has 1 amide bonds. The van der Waals surface area contributed by atoms with Crippen LogP contribution in [-0.2, 0) is 4.79 Å². The van der Waals surface area contributed by atoms with Gasteiger partial charge in [-0.15, -0.1) is 0 Å². The van der Waals surface area contributed by atoms with Gasteiger partial charge in [-0.2, -0.15) is 0 Å². The van der Waals surface area contributed by atoms with E-state index in [-0.39, 0.29) is 5.91 Å². The molecule has 0 saturated heterocycles. The molecule has 0 bridgehead atoms. The summed E-state index contributed by atoms with van der Waals surface area (Å²) in [7, 11) is 0. The number of rotatable bonds is 4. The minimum atomic E-state index is -0.709. The molecular weight excluding hydrogens is 204 g/mol. The van der Waals surface area contributed by atoms with E-state index in [1.807, 2.05) is 6.92 Å². The molecule has 4 N–H and O–H groups in total. The van der Waals surface area contributed by atoms with Crippen LogP contribution in [0, 0.1) is 0 Å². The highest BCUT2D eigenvalue weighted by Gasteiger charge is 2.28. The van der Waals surface area contributed by atoms with Crippen LogP contribution in [0.25, 0.3) is 0 Å². The van der Waals surface area contributed by atoms with Crippen molar-refractivity contribution in [2.24, 2.45) is 5.73 Å². The molecule has 0 aromatic rings. The molecule has 0 aromatic carbocycles. The maximum absolute atomic E-state index is 11.5. The Labute approximate surface area is 97.6 Å². The van der Waals surface area contributed by atoms with Crippen molar-refractivity contribution in [3.8, 4) is 0 Å². The molecule has 0 aliphatic heterocycles. The number of amides is 1. The van der Waals surface area contributed by atoms with Crippen LogP contribution in [0.3, 0.4) is 0 Å². The van der Waals surface area contributed by atoms with E-state index in [4.69, 9.17) is 5.73 Å². The number of nitrogens with one attached hydrogen (secondary N) is 1. The third-order valence-corrected chi connectivity index (χ3v) is 3.40. The Morgan fingerprint density at radius 3 is 2.44 bits per heavy atom. The van der Waals surface area contributed by atoms with E-state index >= 15 is 0 Å². The lowest BCUT2D eigenvalue weighted by atomic mass is 9.94. The number of carbonyl (C=O) groups excluding carboxylic acids is 1. The fraction of sp³-hybridized carbons (Fsp3) is 0.917. The molecule has 1 aliphatic carbocycles. The van der Waals surface area contributed by atoms with Gasteiger partial charge in [-0.3, -0.25) is 4.79 Å². The number of hydrogen-bond acceptors (Lipinski definition) is 3. The first-order valence-corrected chi connectivity index (χ1v) is 6.33. The Balaban J connectivity index is 2.37. The lowest BCUT2D eigenvalue weighted by Crippen LogP contribution is -2.47. The molecular formula is C12H24N2O2. The van der Waals surface area contributed by atoms with Gasteiger partial charge in [-0.1, -0.05) is 32.6 Å². The van der Waals surface area contributed by atoms with E-state index in [1.165, 1.54) is 12.8 Å². The Kier molecular flexibility index (Phi) is 5.22. The Morgan fingerprint density at radius 1 is 1.38 bits per heavy atom. The first-order valence-electron chi connectivity index (χ1n) is 6.33. The van der Waals surface area contributed by atoms with Crippen molar-refractivity contribution in [1.29, 1.82) is 0 Å². The minimum Gasteiger partial charge on any atom is -0.388 e. The van der Waals surface area contributed by atoms with E-state index in [1.54, 1.807) is 0 Å². The van der Waals surface area contributed by atoms with Gasteiger partial charge >= 0.3 is 0 Å². The summed E-state index contributed by atoms with van der Waals surface area (Å²) in [4.78, 5) is 11.5. The van der Waals surface area contributed by atoms with Crippen molar-refractivity contribution >= 4 is 5.91 Å². The topological polar surface area (TPSA) is 75.4 Å². The molecule has 0 aromatic heterocycles. The third kappa shape index (κ3) is 4.10. The highest BCUT2D eigenvalue weighted by molar-refractivity contribution is 5.81. The summed E-state index contributed by atoms with van der Waals surface area (Å²) in [6, 6.07) is -0.450. The van der Waals surface area contributed by atoms with Gasteiger partial charge in [0.15, 0.2) is 0 Å². The van der Waals surface area contributed by atoms with Crippen molar-refractivity contribution in [1.82, 2.24) is 5.32 Å². The van der Waals surface area contributed by atoms with Crippen molar-refractivity contribution in [2.45, 2.75) is 63.5 Å². The Hall–Kier alpha value is -0.610. The number of hydrogen-bond donors (Lipinski definition) is 3. The van der Waals surface area contributed by atoms with Gasteiger partial charge in [0.25, 0.3) is 0 Å². The third-order valence-electron chi connectivity index (χ3n) is 3.40. The molecule has 1 aliphatic rings. The first-order chi connectivity index (χ1) is 7.57. The predicted molar refractivity (Wildman–Crippen MR) is 63.9 cm³/mol. The number of aliphatic hydroxyl groups is 1. The molecule has 0 unspecified atom stereocenters. The maximum atomic E-state index is 11.5. The van der Waals surface area contributed by atoms with E-state index in [0.29, 0.717) is 13.0 Å². The first kappa shape index (κ1) is 13.5. The smallest absolute Gasteiger partial charge is 0.237 e. The molecule has 0 radical (unpaired) electrons. The molecule has 0 spiro atoms. The van der Waals surface area contributed by atoms with E-state index < -0.39 is 11.6 Å². The minimum absolute atomic E-state index is 0.153. The second-order valence-electron chi connectivity index (χ2n) is 4.87. The van der Waals surface area contributed by atoms with Crippen LogP contribution in [0.1, 0.15) is 51.9 Å². The van der Waals surface area contributed by atoms with Crippen LogP contribution in [0.4, 0.5) is 0 Å². The zero-order valence-electron chi connectivity index (χ0n) is 10.2. The molecule has 94 valence electrons. The largest absolute Gasteiger partial charge is 0.388 e. The monoisotopic (exact) mass is 228 g/mol. The van der Waals surface area contributed by atoms with E-state index in [2.05, 4.69) is 5.32 Å². The normalized spacial score (nSPS) is 22.2. The molecule has 1 saturated carbocycles. The van der Waals surface area contributed by atoms with Gasteiger partial charge in [-0.25, -0.2) is 0 Å². The van der Waals surface area contributed by atoms with Crippen LogP contribution in [0.2, 0.25) is 0 Å². The van der Waals surface area contributed by atoms with E-state index in [0.717, 1.165) is 25.7 Å². The van der Waals surface area contributed by atoms with Crippen LogP contribution < -0.4 is 11.1 Å². The summed E-state index contributed by atoms with van der Waals surface area (Å²) in [5, 5.41) is 13.1. The van der Waals surface area contributed by atoms with Crippen molar-refractivity contribution in [3.05, 3.63) is 0 Å². The summed E-state index contributed by atoms with van der Waals surface area (Å²) >= 11 is 0. The average molecular weight is 228 g/mol. The van der Waals surface area contributed by atoms with Crippen LogP contribution >= 0.6 is 0 Å². The molecule has 1 rings (SSSR count). The summed E-state index contributed by atoms with van der Waals surface area (Å²) in [6.07, 6.45) is 6.67. The standard InChI is InChI=1S/C12H24N2O2/c1-2-10(13)11(15)14-9-12(16)7-5-3-4-6-8-12/h10,16H,2-9,13H2,1H3,(H,14,15)/t10-/m0/s1. The van der Waals surface area contributed by atoms with E-state index in [9.17, 15) is 9.90 Å². The summed E-state index contributed by atoms with van der Waals surface area (Å²) < 4.78 is 0. The predicted octanol–water partition coefficient (Wildman–Crippen LogP) is 0.925. The second kappa shape index (κ2) is 6.21. The summed E-state index contributed by atoms with van der Waals surface area (Å²) in [5.41, 5.74) is 4.90. The van der Waals surface area contributed by atoms with Gasteiger partial charge in [0.2, 0.25) is 5.91 Å². The van der Waals surface area contributed by atoms with Gasteiger partial charge in [-0.05, 0) is 19.3 Å². The fourth-order valence-electron chi connectivity index (χ4n) is 2.13. The van der Waals surface area contributed by atoms with Crippen LogP contribution in [-0.4, -0.2) is 29.2 Å². The fourth-order valence-corrected chi connectivity index (χ4v) is 2.13. The molecule has 0 heterocycles. The van der Waals surface area contributed by atoms with Crippen molar-refractivity contribution in [3.63, 3.8) is 0 Å². The lowest BCUT2D eigenvalue weighted by Gasteiger charge is -2.27. The highest BCUT2D eigenvalue weighted by atomic mass is 16.3. The molecule has 1 atom stereocenters. The Bertz CT molecular complexity index is 223. The summed E-state index contributed by atoms with van der Waals surface area (Å²) in [6.45, 7) is 2.23. The maximum Gasteiger partial charge on any atom is 0.237 e. The number of nitrogens with two attached hydrogens (primary N) is 1. The molecule has 16 heavy (non-hydrogen) atoms. The molecule has 4 heteroatoms. The lowest BCUT2D eigenvalue weighted by molar-refractivity contribution is -0.123. The second-order valence-corrected chi connectivity index (χ2v) is 4.87. The average Bonchev–Trinajstić information content (AvgIpc) is 2.50. The zero-order chi connectivity index (χ0) is 12.0. The highest BCUT2D eigenvalue weighted by Crippen LogP contribution is 2.26. The summed E-state index contributed by atoms with van der Waals surface area (Å²) in [5.74, 6) is -0.153. The molecule has 1 fully saturated rings. The van der Waals surface area contributed by atoms with Gasteiger partial charge in [0, 0.05) is 6.54 Å². The Morgan fingerprint density at radius 2 is 1.94 bits per heavy atom. The van der Waals surface area contributed by atoms with Crippen LogP contribution in [0.15, 0.2) is 0 Å². The molecule has 4 nitrogen and oxygen atoms in total. The zero-order valence-corrected chi connectivity index (χ0v) is 10.2. The van der Waals surface area contributed by atoms with Crippen molar-refractivity contribution in [2.75, 3.05) is 6.54 Å². The van der Waals surface area contributed by atoms with Crippen LogP contribution in [0.5, 0.6) is 0 Å². The quantitative estimate of drug-likeness (QED) is 0.626. The van der Waals surface area contributed by atoms with Gasteiger partial charge in [0.1, 0.15) is 0 Å². The SMILES string of the molecule is CC[C@H](N)C(=O)NCC1(O)CCCCCC1. The van der Waals surface area contributed by atoms with Crippen molar-refractivity contribution < 1.29 is 9.90 Å². The number of carbonyl (C=O) groups is 1. The van der Waals surface area contributed by atoms with Gasteiger partial charge in [0.05, 0.1) is 11.6 Å².